The van der Waals surface area contributed by atoms with Gasteiger partial charge in [-0.15, -0.1) is 0 Å². The van der Waals surface area contributed by atoms with E-state index in [0.717, 1.165) is 5.56 Å². The summed E-state index contributed by atoms with van der Waals surface area (Å²) >= 11 is 0. The topological polar surface area (TPSA) is 114 Å². The Hall–Kier alpha value is -3.95. The van der Waals surface area contributed by atoms with Crippen molar-refractivity contribution in [3.63, 3.8) is 0 Å². The molecular formula is C30H31NO7S. The fourth-order valence-corrected chi connectivity index (χ4v) is 5.64. The molecule has 9 heteroatoms. The summed E-state index contributed by atoms with van der Waals surface area (Å²) in [5.41, 5.74) is 2.11. The average Bonchev–Trinajstić information content (AvgIpc) is 3.22. The molecule has 0 bridgehead atoms. The zero-order chi connectivity index (χ0) is 28.4. The lowest BCUT2D eigenvalue weighted by Crippen LogP contribution is -2.32. The predicted octanol–water partition coefficient (Wildman–Crippen LogP) is 5.83. The van der Waals surface area contributed by atoms with Crippen molar-refractivity contribution < 1.29 is 32.3 Å². The largest absolute Gasteiger partial charge is 0.475 e. The number of furan rings is 1. The fourth-order valence-electron chi connectivity index (χ4n) is 4.18. The number of carboxylic acids is 1. The molecule has 204 valence electrons. The van der Waals surface area contributed by atoms with Crippen LogP contribution in [0, 0.1) is 6.92 Å². The number of carboxylic acid groups (broad SMARTS) is 1. The van der Waals surface area contributed by atoms with Gasteiger partial charge in [0.2, 0.25) is 15.8 Å². The van der Waals surface area contributed by atoms with Gasteiger partial charge in [0.1, 0.15) is 11.2 Å². The molecule has 39 heavy (non-hydrogen) atoms. The van der Waals surface area contributed by atoms with Gasteiger partial charge in [0.25, 0.3) is 0 Å². The van der Waals surface area contributed by atoms with E-state index in [0.29, 0.717) is 34.1 Å². The van der Waals surface area contributed by atoms with Gasteiger partial charge in [0, 0.05) is 24.0 Å². The molecule has 4 aromatic rings. The van der Waals surface area contributed by atoms with Crippen molar-refractivity contribution in [2.45, 2.75) is 51.2 Å². The summed E-state index contributed by atoms with van der Waals surface area (Å²) in [5.74, 6) is -1.88. The van der Waals surface area contributed by atoms with Crippen LogP contribution in [0.4, 0.5) is 0 Å². The summed E-state index contributed by atoms with van der Waals surface area (Å²) in [6.45, 7) is 7.25. The highest BCUT2D eigenvalue weighted by Gasteiger charge is 2.27. The zero-order valence-corrected chi connectivity index (χ0v) is 23.1. The SMILES string of the molecule is Cc1c(C(=O)O)oc2ccc(S(=O)(=O)N(CCc3ccccc3)Cc3ccc(C(=O)OC(C)(C)C)cc3)cc12. The van der Waals surface area contributed by atoms with E-state index in [9.17, 15) is 23.1 Å². The third-order valence-electron chi connectivity index (χ3n) is 6.18. The highest BCUT2D eigenvalue weighted by Crippen LogP contribution is 2.29. The summed E-state index contributed by atoms with van der Waals surface area (Å²) in [4.78, 5) is 23.9. The minimum absolute atomic E-state index is 0.0364. The van der Waals surface area contributed by atoms with Crippen molar-refractivity contribution in [2.24, 2.45) is 0 Å². The summed E-state index contributed by atoms with van der Waals surface area (Å²) in [6, 6.07) is 20.6. The lowest BCUT2D eigenvalue weighted by molar-refractivity contribution is 0.00692. The van der Waals surface area contributed by atoms with E-state index in [4.69, 9.17) is 9.15 Å². The first kappa shape index (κ1) is 28.1. The maximum atomic E-state index is 13.9. The number of carbonyl (C=O) groups excluding carboxylic acids is 1. The first-order valence-electron chi connectivity index (χ1n) is 12.5. The van der Waals surface area contributed by atoms with Gasteiger partial charge in [0.05, 0.1) is 10.5 Å². The molecule has 0 amide bonds. The predicted molar refractivity (Wildman–Crippen MR) is 147 cm³/mol. The van der Waals surface area contributed by atoms with Crippen molar-refractivity contribution in [3.05, 3.63) is 101 Å². The van der Waals surface area contributed by atoms with Crippen LogP contribution in [0.15, 0.2) is 82.1 Å². The number of aromatic carboxylic acids is 1. The van der Waals surface area contributed by atoms with Gasteiger partial charge in [0.15, 0.2) is 0 Å². The number of hydrogen-bond donors (Lipinski definition) is 1. The Labute approximate surface area is 227 Å². The van der Waals surface area contributed by atoms with E-state index in [2.05, 4.69) is 0 Å². The number of hydrogen-bond acceptors (Lipinski definition) is 6. The standard InChI is InChI=1S/C30H31NO7S/c1-20-25-18-24(14-15-26(25)37-27(20)28(32)33)39(35,36)31(17-16-21-8-6-5-7-9-21)19-22-10-12-23(13-11-22)29(34)38-30(2,3)4/h5-15,18H,16-17,19H2,1-4H3,(H,32,33). The number of aryl methyl sites for hydroxylation is 1. The lowest BCUT2D eigenvalue weighted by Gasteiger charge is -2.23. The molecule has 0 aliphatic carbocycles. The first-order valence-corrected chi connectivity index (χ1v) is 13.9. The molecular weight excluding hydrogens is 518 g/mol. The van der Waals surface area contributed by atoms with Crippen LogP contribution in [0.25, 0.3) is 11.0 Å². The molecule has 0 unspecified atom stereocenters. The highest BCUT2D eigenvalue weighted by atomic mass is 32.2. The number of nitrogens with zero attached hydrogens (tertiary/aromatic N) is 1. The number of ether oxygens (including phenoxy) is 1. The molecule has 0 fully saturated rings. The molecule has 3 aromatic carbocycles. The smallest absolute Gasteiger partial charge is 0.372 e. The molecule has 0 spiro atoms. The normalized spacial score (nSPS) is 12.1. The van der Waals surface area contributed by atoms with E-state index in [1.165, 1.54) is 22.5 Å². The van der Waals surface area contributed by atoms with Crippen molar-refractivity contribution >= 4 is 32.9 Å². The molecule has 1 aromatic heterocycles. The second-order valence-electron chi connectivity index (χ2n) is 10.3. The minimum atomic E-state index is -3.99. The number of carbonyl (C=O) groups is 2. The summed E-state index contributed by atoms with van der Waals surface area (Å²) in [7, 11) is -3.99. The van der Waals surface area contributed by atoms with Crippen molar-refractivity contribution in [3.8, 4) is 0 Å². The Bertz CT molecular complexity index is 1600. The number of sulfonamides is 1. The highest BCUT2D eigenvalue weighted by molar-refractivity contribution is 7.89. The molecule has 8 nitrogen and oxygen atoms in total. The molecule has 4 rings (SSSR count). The average molecular weight is 550 g/mol. The van der Waals surface area contributed by atoms with E-state index in [1.54, 1.807) is 52.0 Å². The Morgan fingerprint density at radius 1 is 0.949 bits per heavy atom. The van der Waals surface area contributed by atoms with Gasteiger partial charge >= 0.3 is 11.9 Å². The summed E-state index contributed by atoms with van der Waals surface area (Å²) < 4.78 is 40.0. The lowest BCUT2D eigenvalue weighted by atomic mass is 10.1. The van der Waals surface area contributed by atoms with Crippen LogP contribution in [-0.2, 0) is 27.7 Å². The fraction of sp³-hybridized carbons (Fsp3) is 0.267. The monoisotopic (exact) mass is 549 g/mol. The molecule has 0 aliphatic heterocycles. The van der Waals surface area contributed by atoms with Gasteiger partial charge in [-0.2, -0.15) is 4.31 Å². The van der Waals surface area contributed by atoms with Crippen LogP contribution >= 0.6 is 0 Å². The minimum Gasteiger partial charge on any atom is -0.475 e. The van der Waals surface area contributed by atoms with Crippen molar-refractivity contribution in [1.29, 1.82) is 0 Å². The van der Waals surface area contributed by atoms with E-state index >= 15 is 0 Å². The summed E-state index contributed by atoms with van der Waals surface area (Å²) in [5, 5.41) is 9.82. The van der Waals surface area contributed by atoms with Gasteiger partial charge in [-0.05, 0) is 75.6 Å². The van der Waals surface area contributed by atoms with Crippen LogP contribution in [-0.4, -0.2) is 41.9 Å². The summed E-state index contributed by atoms with van der Waals surface area (Å²) in [6.07, 6.45) is 0.492. The molecule has 0 aliphatic rings. The van der Waals surface area contributed by atoms with Crippen LogP contribution in [0.1, 0.15) is 58.4 Å². The Morgan fingerprint density at radius 3 is 2.23 bits per heavy atom. The molecule has 0 radical (unpaired) electrons. The molecule has 0 saturated carbocycles. The van der Waals surface area contributed by atoms with Crippen molar-refractivity contribution in [2.75, 3.05) is 6.54 Å². The number of esters is 1. The maximum absolute atomic E-state index is 13.9. The van der Waals surface area contributed by atoms with Crippen LogP contribution in [0.3, 0.4) is 0 Å². The van der Waals surface area contributed by atoms with Gasteiger partial charge in [-0.1, -0.05) is 42.5 Å². The quantitative estimate of drug-likeness (QED) is 0.261. The van der Waals surface area contributed by atoms with Gasteiger partial charge < -0.3 is 14.3 Å². The van der Waals surface area contributed by atoms with E-state index in [-0.39, 0.29) is 23.7 Å². The maximum Gasteiger partial charge on any atom is 0.372 e. The molecule has 1 heterocycles. The Kier molecular flexibility index (Phi) is 7.94. The number of rotatable bonds is 9. The molecule has 0 saturated heterocycles. The van der Waals surface area contributed by atoms with Crippen molar-refractivity contribution in [1.82, 2.24) is 4.31 Å². The molecule has 1 N–H and O–H groups in total. The number of fused-ring (bicyclic) bond motifs is 1. The second kappa shape index (κ2) is 11.0. The van der Waals surface area contributed by atoms with Crippen LogP contribution in [0.2, 0.25) is 0 Å². The Morgan fingerprint density at radius 2 is 1.62 bits per heavy atom. The van der Waals surface area contributed by atoms with E-state index < -0.39 is 27.6 Å². The second-order valence-corrected chi connectivity index (χ2v) is 12.2. The Balaban J connectivity index is 1.65. The van der Waals surface area contributed by atoms with E-state index in [1.807, 2.05) is 30.3 Å². The molecule has 0 atom stereocenters. The first-order chi connectivity index (χ1) is 18.3. The third kappa shape index (κ3) is 6.55. The van der Waals surface area contributed by atoms with Crippen LogP contribution in [0.5, 0.6) is 0 Å². The number of benzene rings is 3. The third-order valence-corrected chi connectivity index (χ3v) is 8.02. The van der Waals surface area contributed by atoms with Crippen LogP contribution < -0.4 is 0 Å². The van der Waals surface area contributed by atoms with Gasteiger partial charge in [-0.25, -0.2) is 18.0 Å². The zero-order valence-electron chi connectivity index (χ0n) is 22.3. The van der Waals surface area contributed by atoms with Gasteiger partial charge in [-0.3, -0.25) is 0 Å².